The third-order valence-electron chi connectivity index (χ3n) is 2.63. The smallest absolute Gasteiger partial charge is 0.335 e. The fraction of sp³-hybridized carbons (Fsp3) is 0.533. The fourth-order valence-corrected chi connectivity index (χ4v) is 1.49. The SMILES string of the molecule is CCCCCC[C@H](C)O.Nc1ccc(C(=O)O)cc1. The number of nitrogen functional groups attached to an aromatic ring is 1. The lowest BCUT2D eigenvalue weighted by molar-refractivity contribution is 0.0697. The van der Waals surface area contributed by atoms with Crippen LogP contribution in [0.15, 0.2) is 24.3 Å². The molecule has 4 heteroatoms. The van der Waals surface area contributed by atoms with E-state index in [-0.39, 0.29) is 11.7 Å². The topological polar surface area (TPSA) is 83.5 Å². The van der Waals surface area contributed by atoms with Gasteiger partial charge in [-0.1, -0.05) is 32.6 Å². The lowest BCUT2D eigenvalue weighted by atomic mass is 10.1. The summed E-state index contributed by atoms with van der Waals surface area (Å²) in [4.78, 5) is 10.3. The Kier molecular flexibility index (Phi) is 9.53. The minimum Gasteiger partial charge on any atom is -0.478 e. The number of rotatable bonds is 6. The van der Waals surface area contributed by atoms with Crippen molar-refractivity contribution < 1.29 is 15.0 Å². The summed E-state index contributed by atoms with van der Waals surface area (Å²) in [7, 11) is 0. The van der Waals surface area contributed by atoms with Gasteiger partial charge in [-0.15, -0.1) is 0 Å². The van der Waals surface area contributed by atoms with Crippen molar-refractivity contribution in [1.29, 1.82) is 0 Å². The second kappa shape index (κ2) is 10.4. The Labute approximate surface area is 115 Å². The van der Waals surface area contributed by atoms with E-state index in [0.717, 1.165) is 6.42 Å². The van der Waals surface area contributed by atoms with Crippen molar-refractivity contribution in [3.8, 4) is 0 Å². The van der Waals surface area contributed by atoms with Gasteiger partial charge in [-0.2, -0.15) is 0 Å². The van der Waals surface area contributed by atoms with Crippen LogP contribution in [0.3, 0.4) is 0 Å². The molecule has 4 N–H and O–H groups in total. The molecule has 4 nitrogen and oxygen atoms in total. The van der Waals surface area contributed by atoms with Gasteiger partial charge in [0.2, 0.25) is 0 Å². The van der Waals surface area contributed by atoms with Crippen LogP contribution in [-0.2, 0) is 0 Å². The number of aliphatic hydroxyl groups excluding tert-OH is 1. The largest absolute Gasteiger partial charge is 0.478 e. The van der Waals surface area contributed by atoms with E-state index in [2.05, 4.69) is 6.92 Å². The van der Waals surface area contributed by atoms with Crippen molar-refractivity contribution in [2.75, 3.05) is 5.73 Å². The van der Waals surface area contributed by atoms with Crippen molar-refractivity contribution in [2.45, 2.75) is 52.1 Å². The van der Waals surface area contributed by atoms with Crippen LogP contribution in [0.1, 0.15) is 56.3 Å². The third kappa shape index (κ3) is 10.1. The molecule has 0 saturated carbocycles. The zero-order chi connectivity index (χ0) is 14.7. The average molecular weight is 267 g/mol. The minimum absolute atomic E-state index is 0.0955. The maximum absolute atomic E-state index is 10.3. The highest BCUT2D eigenvalue weighted by Gasteiger charge is 1.98. The number of carbonyl (C=O) groups is 1. The van der Waals surface area contributed by atoms with Crippen molar-refractivity contribution in [1.82, 2.24) is 0 Å². The molecular weight excluding hydrogens is 242 g/mol. The Hall–Kier alpha value is -1.55. The number of carboxylic acids is 1. The Morgan fingerprint density at radius 1 is 1.21 bits per heavy atom. The van der Waals surface area contributed by atoms with E-state index in [0.29, 0.717) is 5.69 Å². The van der Waals surface area contributed by atoms with Crippen molar-refractivity contribution in [3.63, 3.8) is 0 Å². The molecule has 108 valence electrons. The van der Waals surface area contributed by atoms with Crippen LogP contribution in [-0.4, -0.2) is 22.3 Å². The van der Waals surface area contributed by atoms with E-state index in [9.17, 15) is 4.79 Å². The van der Waals surface area contributed by atoms with Crippen LogP contribution >= 0.6 is 0 Å². The second-order valence-corrected chi connectivity index (χ2v) is 4.63. The molecule has 0 heterocycles. The van der Waals surface area contributed by atoms with Gasteiger partial charge in [0.15, 0.2) is 0 Å². The van der Waals surface area contributed by atoms with Gasteiger partial charge in [0.25, 0.3) is 0 Å². The number of benzene rings is 1. The highest BCUT2D eigenvalue weighted by molar-refractivity contribution is 5.87. The predicted molar refractivity (Wildman–Crippen MR) is 78.3 cm³/mol. The molecule has 0 amide bonds. The number of aliphatic hydroxyl groups is 1. The first-order valence-electron chi connectivity index (χ1n) is 6.74. The Morgan fingerprint density at radius 2 is 1.79 bits per heavy atom. The average Bonchev–Trinajstić information content (AvgIpc) is 2.36. The molecule has 1 aromatic rings. The van der Waals surface area contributed by atoms with Crippen LogP contribution in [0.5, 0.6) is 0 Å². The van der Waals surface area contributed by atoms with Crippen molar-refractivity contribution in [2.24, 2.45) is 0 Å². The van der Waals surface area contributed by atoms with Crippen LogP contribution in [0, 0.1) is 0 Å². The Bertz CT molecular complexity index is 347. The molecule has 1 rings (SSSR count). The van der Waals surface area contributed by atoms with Gasteiger partial charge < -0.3 is 15.9 Å². The second-order valence-electron chi connectivity index (χ2n) is 4.63. The molecule has 0 aliphatic carbocycles. The standard InChI is InChI=1S/C8H18O.C7H7NO2/c1-3-4-5-6-7-8(2)9;8-6-3-1-5(2-4-6)7(9)10/h8-9H,3-7H2,1-2H3;1-4H,8H2,(H,9,10)/t8-;/m0./s1. The van der Waals surface area contributed by atoms with Gasteiger partial charge in [-0.3, -0.25) is 0 Å². The van der Waals surface area contributed by atoms with Gasteiger partial charge in [0.1, 0.15) is 0 Å². The van der Waals surface area contributed by atoms with Crippen LogP contribution in [0.2, 0.25) is 0 Å². The zero-order valence-corrected chi connectivity index (χ0v) is 11.8. The fourth-order valence-electron chi connectivity index (χ4n) is 1.49. The predicted octanol–water partition coefficient (Wildman–Crippen LogP) is 3.30. The molecule has 1 aromatic carbocycles. The van der Waals surface area contributed by atoms with Crippen molar-refractivity contribution in [3.05, 3.63) is 29.8 Å². The first-order chi connectivity index (χ1) is 8.97. The summed E-state index contributed by atoms with van der Waals surface area (Å²) >= 11 is 0. The molecule has 0 aliphatic rings. The molecule has 0 bridgehead atoms. The van der Waals surface area contributed by atoms with E-state index >= 15 is 0 Å². The first-order valence-corrected chi connectivity index (χ1v) is 6.74. The quantitative estimate of drug-likeness (QED) is 0.545. The minimum atomic E-state index is -0.931. The highest BCUT2D eigenvalue weighted by atomic mass is 16.4. The van der Waals surface area contributed by atoms with Gasteiger partial charge >= 0.3 is 5.97 Å². The first kappa shape index (κ1) is 17.4. The van der Waals surface area contributed by atoms with E-state index < -0.39 is 5.97 Å². The molecule has 0 aromatic heterocycles. The number of aromatic carboxylic acids is 1. The lowest BCUT2D eigenvalue weighted by Gasteiger charge is -2.01. The number of nitrogens with two attached hydrogens (primary N) is 1. The molecule has 19 heavy (non-hydrogen) atoms. The number of carboxylic acid groups (broad SMARTS) is 1. The molecular formula is C15H25NO3. The molecule has 0 aliphatic heterocycles. The monoisotopic (exact) mass is 267 g/mol. The lowest BCUT2D eigenvalue weighted by Crippen LogP contribution is -1.97. The van der Waals surface area contributed by atoms with E-state index in [1.165, 1.54) is 37.8 Å². The van der Waals surface area contributed by atoms with Gasteiger partial charge in [-0.05, 0) is 37.6 Å². The molecule has 0 fully saturated rings. The van der Waals surface area contributed by atoms with Crippen molar-refractivity contribution >= 4 is 11.7 Å². The maximum Gasteiger partial charge on any atom is 0.335 e. The molecule has 0 radical (unpaired) electrons. The number of hydrogen-bond acceptors (Lipinski definition) is 3. The summed E-state index contributed by atoms with van der Waals surface area (Å²) in [5.41, 5.74) is 6.17. The summed E-state index contributed by atoms with van der Waals surface area (Å²) in [6.45, 7) is 4.05. The van der Waals surface area contributed by atoms with E-state index in [1.54, 1.807) is 12.1 Å². The third-order valence-corrected chi connectivity index (χ3v) is 2.63. The van der Waals surface area contributed by atoms with Gasteiger partial charge in [0.05, 0.1) is 11.7 Å². The summed E-state index contributed by atoms with van der Waals surface area (Å²) < 4.78 is 0. The molecule has 0 saturated heterocycles. The van der Waals surface area contributed by atoms with Gasteiger partial charge in [-0.25, -0.2) is 4.79 Å². The summed E-state index contributed by atoms with van der Waals surface area (Å²) in [6, 6.07) is 6.06. The van der Waals surface area contributed by atoms with E-state index in [4.69, 9.17) is 15.9 Å². The molecule has 1 atom stereocenters. The summed E-state index contributed by atoms with van der Waals surface area (Å²) in [6.07, 6.45) is 5.93. The normalized spacial score (nSPS) is 11.3. The van der Waals surface area contributed by atoms with Gasteiger partial charge in [0, 0.05) is 5.69 Å². The van der Waals surface area contributed by atoms with Crippen LogP contribution in [0.4, 0.5) is 5.69 Å². The van der Waals surface area contributed by atoms with Crippen LogP contribution < -0.4 is 5.73 Å². The Morgan fingerprint density at radius 3 is 2.21 bits per heavy atom. The highest BCUT2D eigenvalue weighted by Crippen LogP contribution is 2.05. The number of hydrogen-bond donors (Lipinski definition) is 3. The Balaban J connectivity index is 0.000000344. The summed E-state index contributed by atoms with van der Waals surface area (Å²) in [5, 5.41) is 17.3. The maximum atomic E-state index is 10.3. The molecule has 0 spiro atoms. The van der Waals surface area contributed by atoms with E-state index in [1.807, 2.05) is 6.92 Å². The zero-order valence-electron chi connectivity index (χ0n) is 11.8. The number of unbranched alkanes of at least 4 members (excludes halogenated alkanes) is 3. The number of anilines is 1. The van der Waals surface area contributed by atoms with Crippen LogP contribution in [0.25, 0.3) is 0 Å². The summed E-state index contributed by atoms with van der Waals surface area (Å²) in [5.74, 6) is -0.931. The molecule has 0 unspecified atom stereocenters.